The van der Waals surface area contributed by atoms with Crippen LogP contribution in [0.2, 0.25) is 0 Å². The van der Waals surface area contributed by atoms with Crippen LogP contribution in [0.1, 0.15) is 32.6 Å². The molecule has 1 saturated heterocycles. The highest BCUT2D eigenvalue weighted by Crippen LogP contribution is 2.45. The van der Waals surface area contributed by atoms with Gasteiger partial charge in [0.25, 0.3) is 0 Å². The van der Waals surface area contributed by atoms with E-state index in [0.29, 0.717) is 32.6 Å². The maximum Gasteiger partial charge on any atom is 0.408 e. The number of aromatic nitrogens is 5. The Kier molecular flexibility index (Phi) is 6.53. The molecule has 1 aliphatic carbocycles. The minimum atomic E-state index is -4.46. The van der Waals surface area contributed by atoms with Crippen molar-refractivity contribution in [2.75, 3.05) is 26.2 Å². The molecule has 0 radical (unpaired) electrons. The molecule has 10 nitrogen and oxygen atoms in total. The molecule has 2 amide bonds. The second-order valence-electron chi connectivity index (χ2n) is 9.73. The fraction of sp³-hybridized carbons (Fsp3) is 0.542. The predicted octanol–water partition coefficient (Wildman–Crippen LogP) is 3.26. The highest BCUT2D eigenvalue weighted by atomic mass is 19.4. The van der Waals surface area contributed by atoms with E-state index in [0.717, 1.165) is 35.1 Å². The SMILES string of the molecule is CC[C@H](NC(=O)N1CCN([C@H]2C[C@](CC#N)(n3cc(-c4ncnc5[nH]ccc45)cn3)C2)CC1)C(F)(F)F. The number of nitrogens with one attached hydrogen (secondary N) is 2. The Bertz CT molecular complexity index is 1300. The van der Waals surface area contributed by atoms with E-state index < -0.39 is 23.8 Å². The van der Waals surface area contributed by atoms with E-state index in [9.17, 15) is 23.2 Å². The molecule has 37 heavy (non-hydrogen) atoms. The Balaban J connectivity index is 1.21. The number of hydrogen-bond acceptors (Lipinski definition) is 6. The molecule has 3 aromatic heterocycles. The third-order valence-corrected chi connectivity index (χ3v) is 7.55. The molecular formula is C24H28F3N9O. The lowest BCUT2D eigenvalue weighted by Crippen LogP contribution is -2.62. The number of urea groups is 1. The van der Waals surface area contributed by atoms with Crippen LogP contribution in [0, 0.1) is 11.3 Å². The number of carbonyl (C=O) groups excluding carboxylic acids is 1. The maximum absolute atomic E-state index is 13.0. The highest BCUT2D eigenvalue weighted by Gasteiger charge is 2.49. The van der Waals surface area contributed by atoms with Gasteiger partial charge in [0.15, 0.2) is 0 Å². The number of H-pyrrole nitrogens is 1. The summed E-state index contributed by atoms with van der Waals surface area (Å²) in [5.41, 5.74) is 1.92. The van der Waals surface area contributed by atoms with E-state index >= 15 is 0 Å². The summed E-state index contributed by atoms with van der Waals surface area (Å²) < 4.78 is 40.9. The summed E-state index contributed by atoms with van der Waals surface area (Å²) in [6.07, 6.45) is 4.08. The van der Waals surface area contributed by atoms with E-state index in [1.165, 1.54) is 18.2 Å². The van der Waals surface area contributed by atoms with E-state index in [1.807, 2.05) is 23.1 Å². The van der Waals surface area contributed by atoms with Gasteiger partial charge in [0.05, 0.1) is 29.9 Å². The summed E-state index contributed by atoms with van der Waals surface area (Å²) in [5.74, 6) is 0. The van der Waals surface area contributed by atoms with Crippen molar-refractivity contribution in [2.24, 2.45) is 0 Å². The van der Waals surface area contributed by atoms with Gasteiger partial charge >= 0.3 is 12.2 Å². The third kappa shape index (κ3) is 4.73. The summed E-state index contributed by atoms with van der Waals surface area (Å²) in [6.45, 7) is 3.25. The number of alkyl halides is 3. The van der Waals surface area contributed by atoms with E-state index in [2.05, 4.69) is 36.3 Å². The van der Waals surface area contributed by atoms with Crippen molar-refractivity contribution >= 4 is 17.1 Å². The van der Waals surface area contributed by atoms with Gasteiger partial charge in [0, 0.05) is 55.6 Å². The van der Waals surface area contributed by atoms with Gasteiger partial charge in [-0.25, -0.2) is 14.8 Å². The third-order valence-electron chi connectivity index (χ3n) is 7.55. The Hall–Kier alpha value is -3.66. The first-order chi connectivity index (χ1) is 17.7. The first-order valence-corrected chi connectivity index (χ1v) is 12.3. The Morgan fingerprint density at radius 3 is 2.73 bits per heavy atom. The molecule has 3 aromatic rings. The first kappa shape index (κ1) is 25.0. The quantitative estimate of drug-likeness (QED) is 0.520. The van der Waals surface area contributed by atoms with E-state index in [-0.39, 0.29) is 12.5 Å². The lowest BCUT2D eigenvalue weighted by Gasteiger charge is -2.52. The number of amides is 2. The van der Waals surface area contributed by atoms with Gasteiger partial charge in [-0.2, -0.15) is 23.5 Å². The number of aromatic amines is 1. The molecule has 13 heteroatoms. The topological polar surface area (TPSA) is 119 Å². The van der Waals surface area contributed by atoms with Crippen LogP contribution in [-0.2, 0) is 5.54 Å². The highest BCUT2D eigenvalue weighted by molar-refractivity contribution is 5.90. The molecule has 0 bridgehead atoms. The van der Waals surface area contributed by atoms with Crippen molar-refractivity contribution in [3.8, 4) is 17.3 Å². The lowest BCUT2D eigenvalue weighted by atomic mass is 9.70. The zero-order valence-corrected chi connectivity index (χ0v) is 20.4. The monoisotopic (exact) mass is 515 g/mol. The molecule has 2 aliphatic rings. The fourth-order valence-corrected chi connectivity index (χ4v) is 5.39. The van der Waals surface area contributed by atoms with Crippen molar-refractivity contribution in [2.45, 2.75) is 56.4 Å². The number of piperazine rings is 1. The summed E-state index contributed by atoms with van der Waals surface area (Å²) in [6, 6.07) is 1.90. The van der Waals surface area contributed by atoms with Crippen LogP contribution >= 0.6 is 0 Å². The van der Waals surface area contributed by atoms with Gasteiger partial charge in [-0.1, -0.05) is 6.92 Å². The van der Waals surface area contributed by atoms with Gasteiger partial charge < -0.3 is 15.2 Å². The minimum Gasteiger partial charge on any atom is -0.346 e. The second kappa shape index (κ2) is 9.66. The van der Waals surface area contributed by atoms with Crippen molar-refractivity contribution in [1.29, 1.82) is 5.26 Å². The molecule has 2 N–H and O–H groups in total. The zero-order chi connectivity index (χ0) is 26.2. The summed E-state index contributed by atoms with van der Waals surface area (Å²) >= 11 is 0. The molecule has 0 unspecified atom stereocenters. The number of nitrogens with zero attached hydrogens (tertiary/aromatic N) is 7. The van der Waals surface area contributed by atoms with E-state index in [1.54, 1.807) is 6.20 Å². The molecule has 4 heterocycles. The predicted molar refractivity (Wildman–Crippen MR) is 128 cm³/mol. The molecule has 0 spiro atoms. The number of rotatable bonds is 6. The van der Waals surface area contributed by atoms with Gasteiger partial charge in [-0.15, -0.1) is 0 Å². The standard InChI is InChI=1S/C24H28F3N9O/c1-2-19(24(25,26)27)33-22(37)35-9-7-34(8-10-35)17-11-23(12-17,4-5-28)36-14-16(13-32-36)20-18-3-6-29-21(18)31-15-30-20/h3,6,13-15,17,19H,2,4,7-12H2,1H3,(H,33,37)(H,29,30,31)/t17-,19-,23-/m0/s1. The Labute approximate surface area is 211 Å². The Morgan fingerprint density at radius 1 is 1.30 bits per heavy atom. The average molecular weight is 516 g/mol. The van der Waals surface area contributed by atoms with Crippen molar-refractivity contribution in [3.05, 3.63) is 31.0 Å². The maximum atomic E-state index is 13.0. The lowest BCUT2D eigenvalue weighted by molar-refractivity contribution is -0.154. The molecule has 5 rings (SSSR count). The van der Waals surface area contributed by atoms with E-state index in [4.69, 9.17) is 0 Å². The smallest absolute Gasteiger partial charge is 0.346 e. The summed E-state index contributed by atoms with van der Waals surface area (Å²) in [7, 11) is 0. The molecule has 0 aromatic carbocycles. The number of halogens is 3. The van der Waals surface area contributed by atoms with Crippen LogP contribution in [0.5, 0.6) is 0 Å². The number of hydrogen-bond donors (Lipinski definition) is 2. The molecule has 1 aliphatic heterocycles. The van der Waals surface area contributed by atoms with Crippen LogP contribution in [-0.4, -0.2) is 85.0 Å². The van der Waals surface area contributed by atoms with Crippen LogP contribution in [0.25, 0.3) is 22.3 Å². The average Bonchev–Trinajstić information content (AvgIpc) is 3.54. The Morgan fingerprint density at radius 2 is 2.05 bits per heavy atom. The molecule has 2 fully saturated rings. The molecular weight excluding hydrogens is 487 g/mol. The number of carbonyl (C=O) groups is 1. The fourth-order valence-electron chi connectivity index (χ4n) is 5.39. The number of nitriles is 1. The van der Waals surface area contributed by atoms with Gasteiger partial charge in [0.2, 0.25) is 0 Å². The minimum absolute atomic E-state index is 0.208. The van der Waals surface area contributed by atoms with Crippen molar-refractivity contribution < 1.29 is 18.0 Å². The van der Waals surface area contributed by atoms with Crippen LogP contribution in [0.4, 0.5) is 18.0 Å². The molecule has 1 saturated carbocycles. The second-order valence-corrected chi connectivity index (χ2v) is 9.73. The van der Waals surface area contributed by atoms with Crippen molar-refractivity contribution in [1.82, 2.24) is 39.8 Å². The summed E-state index contributed by atoms with van der Waals surface area (Å²) in [5, 5.41) is 17.1. The van der Waals surface area contributed by atoms with Crippen LogP contribution in [0.15, 0.2) is 31.0 Å². The zero-order valence-electron chi connectivity index (χ0n) is 20.4. The van der Waals surface area contributed by atoms with Gasteiger partial charge in [0.1, 0.15) is 18.0 Å². The normalized spacial score (nSPS) is 23.4. The number of fused-ring (bicyclic) bond motifs is 1. The van der Waals surface area contributed by atoms with Gasteiger partial charge in [-0.3, -0.25) is 9.58 Å². The van der Waals surface area contributed by atoms with Gasteiger partial charge in [-0.05, 0) is 25.3 Å². The van der Waals surface area contributed by atoms with Crippen LogP contribution in [0.3, 0.4) is 0 Å². The first-order valence-electron chi connectivity index (χ1n) is 12.3. The summed E-state index contributed by atoms with van der Waals surface area (Å²) in [4.78, 5) is 27.8. The molecule has 196 valence electrons. The largest absolute Gasteiger partial charge is 0.408 e. The molecule has 1 atom stereocenters. The van der Waals surface area contributed by atoms with Crippen molar-refractivity contribution in [3.63, 3.8) is 0 Å². The van der Waals surface area contributed by atoms with Crippen LogP contribution < -0.4 is 5.32 Å².